The molecule has 1 aromatic heterocycles. The van der Waals surface area contributed by atoms with Gasteiger partial charge in [0.05, 0.1) is 17.4 Å². The Labute approximate surface area is 198 Å². The summed E-state index contributed by atoms with van der Waals surface area (Å²) in [6.45, 7) is 3.02. The third kappa shape index (κ3) is 3.06. The maximum atomic E-state index is 13.4. The van der Waals surface area contributed by atoms with Gasteiger partial charge in [-0.1, -0.05) is 30.3 Å². The van der Waals surface area contributed by atoms with E-state index in [0.29, 0.717) is 13.1 Å². The number of fused-ring (bicyclic) bond motifs is 2. The molecule has 1 N–H and O–H groups in total. The van der Waals surface area contributed by atoms with Gasteiger partial charge >= 0.3 is 0 Å². The lowest BCUT2D eigenvalue weighted by molar-refractivity contribution is 0.416. The Morgan fingerprint density at radius 1 is 1.09 bits per heavy atom. The van der Waals surface area contributed by atoms with E-state index >= 15 is 0 Å². The molecule has 6 nitrogen and oxygen atoms in total. The molecule has 0 bridgehead atoms. The maximum absolute atomic E-state index is 13.4. The number of halogens is 1. The highest BCUT2D eigenvalue weighted by Crippen LogP contribution is 2.70. The molecule has 2 aliphatic rings. The maximum Gasteiger partial charge on any atom is 0.279 e. The predicted octanol–water partition coefficient (Wildman–Crippen LogP) is 3.90. The highest BCUT2D eigenvalue weighted by atomic mass is 32.2. The number of rotatable bonds is 5. The Kier molecular flexibility index (Phi) is 4.71. The Hall–Kier alpha value is -3.07. The monoisotopic (exact) mass is 476 g/mol. The minimum absolute atomic E-state index is 0.210. The van der Waals surface area contributed by atoms with E-state index in [1.165, 1.54) is 30.3 Å². The second kappa shape index (κ2) is 7.46. The predicted molar refractivity (Wildman–Crippen MR) is 130 cm³/mol. The van der Waals surface area contributed by atoms with Gasteiger partial charge in [0.1, 0.15) is 5.82 Å². The molecule has 1 aliphatic carbocycles. The Bertz CT molecular complexity index is 1500. The summed E-state index contributed by atoms with van der Waals surface area (Å²) in [5.74, 6) is 0.188. The quantitative estimate of drug-likeness (QED) is 0.475. The number of hydrogen-bond acceptors (Lipinski definition) is 3. The number of aryl methyl sites for hydroxylation is 1. The third-order valence-electron chi connectivity index (χ3n) is 7.59. The van der Waals surface area contributed by atoms with Crippen molar-refractivity contribution in [2.45, 2.75) is 18.3 Å². The lowest BCUT2D eigenvalue weighted by Gasteiger charge is -2.25. The third-order valence-corrected chi connectivity index (χ3v) is 9.07. The minimum Gasteiger partial charge on any atom is -0.233 e. The van der Waals surface area contributed by atoms with Crippen molar-refractivity contribution >= 4 is 21.1 Å². The van der Waals surface area contributed by atoms with Crippen LogP contribution in [0.15, 0.2) is 72.9 Å². The number of nitrogens with zero attached hydrogens (tertiary/aromatic N) is 3. The molecule has 1 saturated heterocycles. The van der Waals surface area contributed by atoms with Crippen molar-refractivity contribution in [3.8, 4) is 5.69 Å². The van der Waals surface area contributed by atoms with E-state index in [0.717, 1.165) is 22.2 Å². The number of nitrogens with one attached hydrogen (secondary N) is 1. The molecule has 0 amide bonds. The lowest BCUT2D eigenvalue weighted by atomic mass is 9.87. The summed E-state index contributed by atoms with van der Waals surface area (Å²) in [6.07, 6.45) is 1.82. The van der Waals surface area contributed by atoms with E-state index in [1.807, 2.05) is 29.1 Å². The zero-order valence-corrected chi connectivity index (χ0v) is 19.8. The molecule has 3 atom stereocenters. The van der Waals surface area contributed by atoms with Crippen LogP contribution in [0.3, 0.4) is 0 Å². The normalized spacial score (nSPS) is 24.4. The summed E-state index contributed by atoms with van der Waals surface area (Å²) >= 11 is 0. The average Bonchev–Trinajstić information content (AvgIpc) is 3.11. The molecule has 34 heavy (non-hydrogen) atoms. The largest absolute Gasteiger partial charge is 0.279 e. The second-order valence-electron chi connectivity index (χ2n) is 9.30. The molecular weight excluding hydrogens is 451 g/mol. The van der Waals surface area contributed by atoms with Crippen molar-refractivity contribution in [2.24, 2.45) is 5.92 Å². The Morgan fingerprint density at radius 2 is 1.82 bits per heavy atom. The zero-order chi connectivity index (χ0) is 23.7. The van der Waals surface area contributed by atoms with Crippen LogP contribution < -0.4 is 4.72 Å². The van der Waals surface area contributed by atoms with Crippen LogP contribution in [0.25, 0.3) is 16.6 Å². The summed E-state index contributed by atoms with van der Waals surface area (Å²) < 4.78 is 44.6. The zero-order valence-electron chi connectivity index (χ0n) is 18.9. The van der Waals surface area contributed by atoms with Crippen LogP contribution in [-0.2, 0) is 15.6 Å². The fraction of sp³-hybridized carbons (Fsp3) is 0.269. The molecular formula is C26H25FN4O2S. The standard InChI is InChI=1S/C26H25FN4O2S/c1-17-12-24-19(14-29-31(24)21-10-8-20(27)9-11-21)13-22(17)26-16-30(34(32,33)28-2)15-23(26)25(26)18-6-4-3-5-7-18/h3-14,23,25,28H,15-16H2,1-2H3/t23-,25-,26+/m1/s1. The van der Waals surface area contributed by atoms with Crippen molar-refractivity contribution in [3.63, 3.8) is 0 Å². The molecule has 2 heterocycles. The molecule has 174 valence electrons. The molecule has 1 saturated carbocycles. The fourth-order valence-electron chi connectivity index (χ4n) is 6.00. The van der Waals surface area contributed by atoms with Crippen molar-refractivity contribution < 1.29 is 12.8 Å². The number of benzene rings is 3. The summed E-state index contributed by atoms with van der Waals surface area (Å²) in [5, 5.41) is 5.54. The van der Waals surface area contributed by atoms with Crippen molar-refractivity contribution in [3.05, 3.63) is 95.4 Å². The Morgan fingerprint density at radius 3 is 2.53 bits per heavy atom. The molecule has 0 unspecified atom stereocenters. The van der Waals surface area contributed by atoms with Crippen LogP contribution in [0.1, 0.15) is 22.6 Å². The topological polar surface area (TPSA) is 67.2 Å². The minimum atomic E-state index is -3.51. The molecule has 0 spiro atoms. The molecule has 0 radical (unpaired) electrons. The highest BCUT2D eigenvalue weighted by molar-refractivity contribution is 7.87. The molecule has 8 heteroatoms. The molecule has 6 rings (SSSR count). The summed E-state index contributed by atoms with van der Waals surface area (Å²) in [5.41, 5.74) is 4.97. The number of hydrogen-bond donors (Lipinski definition) is 1. The summed E-state index contributed by atoms with van der Waals surface area (Å²) in [4.78, 5) is 0. The van der Waals surface area contributed by atoms with Gasteiger partial charge in [0.15, 0.2) is 0 Å². The lowest BCUT2D eigenvalue weighted by Crippen LogP contribution is -2.40. The van der Waals surface area contributed by atoms with Gasteiger partial charge in [-0.3, -0.25) is 0 Å². The number of piperidine rings is 1. The van der Waals surface area contributed by atoms with E-state index in [1.54, 1.807) is 16.4 Å². The van der Waals surface area contributed by atoms with Crippen molar-refractivity contribution in [1.82, 2.24) is 18.8 Å². The smallest absolute Gasteiger partial charge is 0.233 e. The van der Waals surface area contributed by atoms with Gasteiger partial charge in [-0.15, -0.1) is 0 Å². The molecule has 3 aromatic carbocycles. The van der Waals surface area contributed by atoms with Crippen LogP contribution >= 0.6 is 0 Å². The number of aromatic nitrogens is 2. The van der Waals surface area contributed by atoms with Crippen molar-refractivity contribution in [2.75, 3.05) is 20.1 Å². The van der Waals surface area contributed by atoms with Gasteiger partial charge in [-0.25, -0.2) is 13.8 Å². The van der Waals surface area contributed by atoms with Crippen LogP contribution in [-0.4, -0.2) is 42.6 Å². The summed E-state index contributed by atoms with van der Waals surface area (Å²) in [6, 6.07) is 20.9. The van der Waals surface area contributed by atoms with Crippen LogP contribution in [0.2, 0.25) is 0 Å². The first kappa shape index (κ1) is 21.5. The first-order valence-electron chi connectivity index (χ1n) is 11.3. The molecule has 2 fully saturated rings. The summed E-state index contributed by atoms with van der Waals surface area (Å²) in [7, 11) is -2.05. The molecule has 1 aliphatic heterocycles. The van der Waals surface area contributed by atoms with Crippen molar-refractivity contribution in [1.29, 1.82) is 0 Å². The first-order chi connectivity index (χ1) is 16.3. The van der Waals surface area contributed by atoms with E-state index in [-0.39, 0.29) is 23.1 Å². The van der Waals surface area contributed by atoms with Gasteiger partial charge < -0.3 is 0 Å². The highest BCUT2D eigenvalue weighted by Gasteiger charge is 2.71. The first-order valence-corrected chi connectivity index (χ1v) is 12.8. The van der Waals surface area contributed by atoms with E-state index < -0.39 is 10.2 Å². The van der Waals surface area contributed by atoms with Gasteiger partial charge in [-0.05, 0) is 65.9 Å². The second-order valence-corrected chi connectivity index (χ2v) is 11.2. The fourth-order valence-corrected chi connectivity index (χ4v) is 7.00. The van der Waals surface area contributed by atoms with E-state index in [9.17, 15) is 12.8 Å². The van der Waals surface area contributed by atoms with Gasteiger partial charge in [0.2, 0.25) is 0 Å². The van der Waals surface area contributed by atoms with Crippen LogP contribution in [0.5, 0.6) is 0 Å². The van der Waals surface area contributed by atoms with E-state index in [2.05, 4.69) is 41.0 Å². The molecule has 4 aromatic rings. The average molecular weight is 477 g/mol. The van der Waals surface area contributed by atoms with E-state index in [4.69, 9.17) is 0 Å². The van der Waals surface area contributed by atoms with Crippen LogP contribution in [0, 0.1) is 18.7 Å². The van der Waals surface area contributed by atoms with Gasteiger partial charge in [-0.2, -0.15) is 17.8 Å². The SMILES string of the molecule is CNS(=O)(=O)N1C[C@@H]2[C@@H](c3ccccc3)[C@]2(c2cc3cnn(-c4ccc(F)cc4)c3cc2C)C1. The van der Waals surface area contributed by atoms with Gasteiger partial charge in [0, 0.05) is 36.9 Å². The van der Waals surface area contributed by atoms with Gasteiger partial charge in [0.25, 0.3) is 10.2 Å². The Balaban J connectivity index is 1.47. The van der Waals surface area contributed by atoms with Crippen LogP contribution in [0.4, 0.5) is 4.39 Å².